The molecule has 20 heavy (non-hydrogen) atoms. The monoisotopic (exact) mass is 285 g/mol. The highest BCUT2D eigenvalue weighted by Gasteiger charge is 2.43. The van der Waals surface area contributed by atoms with Gasteiger partial charge in [-0.2, -0.15) is 0 Å². The van der Waals surface area contributed by atoms with Crippen LogP contribution in [0.25, 0.3) is 0 Å². The molecule has 1 fully saturated rings. The summed E-state index contributed by atoms with van der Waals surface area (Å²) in [5.41, 5.74) is 2.62. The lowest BCUT2D eigenvalue weighted by atomic mass is 9.97. The van der Waals surface area contributed by atoms with Crippen LogP contribution in [0.3, 0.4) is 0 Å². The second kappa shape index (κ2) is 7.98. The molecule has 1 aliphatic rings. The average Bonchev–Trinajstić information content (AvgIpc) is 2.72. The van der Waals surface area contributed by atoms with Crippen LogP contribution in [0, 0.1) is 5.92 Å². The van der Waals surface area contributed by atoms with E-state index in [9.17, 15) is 14.7 Å². The van der Waals surface area contributed by atoms with Crippen molar-refractivity contribution in [3.63, 3.8) is 0 Å². The van der Waals surface area contributed by atoms with Crippen LogP contribution in [0.5, 0.6) is 0 Å². The Kier molecular flexibility index (Phi) is 6.63. The number of rotatable bonds is 8. The van der Waals surface area contributed by atoms with Crippen molar-refractivity contribution in [3.05, 3.63) is 12.7 Å². The van der Waals surface area contributed by atoms with Gasteiger partial charge in [-0.3, -0.25) is 15.0 Å². The van der Waals surface area contributed by atoms with E-state index < -0.39 is 12.0 Å². The smallest absolute Gasteiger partial charge is 0.322 e. The quantitative estimate of drug-likeness (QED) is 0.349. The Hall–Kier alpha value is -1.44. The Balaban J connectivity index is 2.74. The molecule has 1 rings (SSSR count). The van der Waals surface area contributed by atoms with Crippen molar-refractivity contribution in [1.29, 1.82) is 0 Å². The first-order valence-electron chi connectivity index (χ1n) is 6.73. The summed E-state index contributed by atoms with van der Waals surface area (Å²) >= 11 is 0. The first kappa shape index (κ1) is 16.6. The standard InChI is InChI=1S/C13H23N3O4/c1-3-10-8-12(13(19)20)16(15-9(2)18)11(10)4-5-14-6-7-17/h3,10-12,14,17H,1,4-8H2,2H3,(H,15,18)(H,19,20). The van der Waals surface area contributed by atoms with Gasteiger partial charge in [0.1, 0.15) is 6.04 Å². The first-order valence-corrected chi connectivity index (χ1v) is 6.73. The third-order valence-corrected chi connectivity index (χ3v) is 3.46. The van der Waals surface area contributed by atoms with Gasteiger partial charge >= 0.3 is 5.97 Å². The Morgan fingerprint density at radius 3 is 2.65 bits per heavy atom. The van der Waals surface area contributed by atoms with Gasteiger partial charge in [-0.1, -0.05) is 6.08 Å². The predicted molar refractivity (Wildman–Crippen MR) is 73.7 cm³/mol. The van der Waals surface area contributed by atoms with Gasteiger partial charge in [0.25, 0.3) is 0 Å². The number of amides is 1. The van der Waals surface area contributed by atoms with Crippen LogP contribution in [0.1, 0.15) is 19.8 Å². The van der Waals surface area contributed by atoms with Crippen molar-refractivity contribution < 1.29 is 19.8 Å². The third-order valence-electron chi connectivity index (χ3n) is 3.46. The molecule has 0 radical (unpaired) electrons. The van der Waals surface area contributed by atoms with E-state index in [0.29, 0.717) is 25.9 Å². The fraction of sp³-hybridized carbons (Fsp3) is 0.692. The molecule has 0 aromatic carbocycles. The number of carboxylic acids is 1. The van der Waals surface area contributed by atoms with Crippen molar-refractivity contribution in [1.82, 2.24) is 15.8 Å². The van der Waals surface area contributed by atoms with Crippen molar-refractivity contribution in [2.24, 2.45) is 5.92 Å². The first-order chi connectivity index (χ1) is 9.51. The molecule has 7 nitrogen and oxygen atoms in total. The molecule has 0 spiro atoms. The molecule has 0 aromatic heterocycles. The number of carbonyl (C=O) groups excluding carboxylic acids is 1. The van der Waals surface area contributed by atoms with Gasteiger partial charge in [0.05, 0.1) is 6.61 Å². The molecule has 0 aliphatic carbocycles. The summed E-state index contributed by atoms with van der Waals surface area (Å²) in [4.78, 5) is 22.6. The number of nitrogens with zero attached hydrogens (tertiary/aromatic N) is 1. The van der Waals surface area contributed by atoms with E-state index in [-0.39, 0.29) is 24.5 Å². The van der Waals surface area contributed by atoms with Crippen LogP contribution in [-0.2, 0) is 9.59 Å². The molecule has 4 N–H and O–H groups in total. The summed E-state index contributed by atoms with van der Waals surface area (Å²) < 4.78 is 0. The molecular formula is C13H23N3O4. The van der Waals surface area contributed by atoms with Crippen LogP contribution >= 0.6 is 0 Å². The van der Waals surface area contributed by atoms with Crippen molar-refractivity contribution in [3.8, 4) is 0 Å². The second-order valence-corrected chi connectivity index (χ2v) is 4.89. The van der Waals surface area contributed by atoms with Crippen molar-refractivity contribution >= 4 is 11.9 Å². The van der Waals surface area contributed by atoms with Crippen molar-refractivity contribution in [2.45, 2.75) is 31.8 Å². The molecule has 114 valence electrons. The van der Waals surface area contributed by atoms with E-state index in [1.54, 1.807) is 6.08 Å². The van der Waals surface area contributed by atoms with Crippen LogP contribution in [0.15, 0.2) is 12.7 Å². The molecule has 3 atom stereocenters. The fourth-order valence-electron chi connectivity index (χ4n) is 2.59. The van der Waals surface area contributed by atoms with Gasteiger partial charge in [0, 0.05) is 19.5 Å². The van der Waals surface area contributed by atoms with E-state index in [0.717, 1.165) is 0 Å². The summed E-state index contributed by atoms with van der Waals surface area (Å²) in [6, 6.07) is -0.839. The summed E-state index contributed by atoms with van der Waals surface area (Å²) in [6.45, 7) is 6.30. The zero-order valence-corrected chi connectivity index (χ0v) is 11.7. The Morgan fingerprint density at radius 2 is 2.15 bits per heavy atom. The van der Waals surface area contributed by atoms with Gasteiger partial charge in [-0.05, 0) is 25.3 Å². The number of aliphatic hydroxyl groups excluding tert-OH is 1. The molecule has 1 aliphatic heterocycles. The zero-order valence-electron chi connectivity index (χ0n) is 11.7. The lowest BCUT2D eigenvalue weighted by molar-refractivity contribution is -0.145. The Morgan fingerprint density at radius 1 is 1.45 bits per heavy atom. The number of aliphatic hydroxyl groups is 1. The van der Waals surface area contributed by atoms with Crippen LogP contribution in [-0.4, -0.2) is 58.9 Å². The van der Waals surface area contributed by atoms with Crippen LogP contribution < -0.4 is 10.7 Å². The zero-order chi connectivity index (χ0) is 15.1. The van der Waals surface area contributed by atoms with E-state index in [2.05, 4.69) is 17.3 Å². The minimum absolute atomic E-state index is 0.0128. The number of hydrazine groups is 1. The van der Waals surface area contributed by atoms with E-state index in [1.807, 2.05) is 0 Å². The largest absolute Gasteiger partial charge is 0.480 e. The van der Waals surface area contributed by atoms with E-state index in [4.69, 9.17) is 5.11 Å². The van der Waals surface area contributed by atoms with Gasteiger partial charge in [0.2, 0.25) is 5.91 Å². The molecular weight excluding hydrogens is 262 g/mol. The molecule has 0 bridgehead atoms. The number of aliphatic carboxylic acids is 1. The minimum Gasteiger partial charge on any atom is -0.480 e. The SMILES string of the molecule is C=CC1CC(C(=O)O)N(NC(C)=O)C1CCNCCO. The highest BCUT2D eigenvalue weighted by Crippen LogP contribution is 2.31. The highest BCUT2D eigenvalue weighted by molar-refractivity contribution is 5.76. The van der Waals surface area contributed by atoms with Gasteiger partial charge in [-0.25, -0.2) is 5.01 Å². The summed E-state index contributed by atoms with van der Waals surface area (Å²) in [5, 5.41) is 22.6. The Bertz CT molecular complexity index is 362. The minimum atomic E-state index is -0.948. The number of hydrogen-bond donors (Lipinski definition) is 4. The van der Waals surface area contributed by atoms with Crippen LogP contribution in [0.2, 0.25) is 0 Å². The fourth-order valence-corrected chi connectivity index (χ4v) is 2.59. The average molecular weight is 285 g/mol. The summed E-state index contributed by atoms with van der Waals surface area (Å²) in [5.74, 6) is -1.22. The molecule has 3 unspecified atom stereocenters. The topological polar surface area (TPSA) is 102 Å². The molecule has 1 heterocycles. The number of hydrogen-bond acceptors (Lipinski definition) is 5. The molecule has 1 saturated heterocycles. The van der Waals surface area contributed by atoms with E-state index >= 15 is 0 Å². The van der Waals surface area contributed by atoms with Gasteiger partial charge in [-0.15, -0.1) is 6.58 Å². The maximum atomic E-state index is 11.3. The van der Waals surface area contributed by atoms with Crippen LogP contribution in [0.4, 0.5) is 0 Å². The summed E-state index contributed by atoms with van der Waals surface area (Å²) in [6.07, 6.45) is 2.85. The maximum Gasteiger partial charge on any atom is 0.322 e. The normalized spacial score (nSPS) is 26.4. The Labute approximate surface area is 118 Å². The predicted octanol–water partition coefficient (Wildman–Crippen LogP) is -0.661. The third kappa shape index (κ3) is 4.29. The molecule has 0 aromatic rings. The van der Waals surface area contributed by atoms with E-state index in [1.165, 1.54) is 11.9 Å². The highest BCUT2D eigenvalue weighted by atomic mass is 16.4. The number of nitrogens with one attached hydrogen (secondary N) is 2. The molecule has 7 heteroatoms. The number of carbonyl (C=O) groups is 2. The van der Waals surface area contributed by atoms with Gasteiger partial charge in [0.15, 0.2) is 0 Å². The van der Waals surface area contributed by atoms with Crippen molar-refractivity contribution in [2.75, 3.05) is 19.7 Å². The number of carboxylic acid groups (broad SMARTS) is 1. The maximum absolute atomic E-state index is 11.3. The lowest BCUT2D eigenvalue weighted by Crippen LogP contribution is -2.52. The summed E-state index contributed by atoms with van der Waals surface area (Å²) in [7, 11) is 0. The second-order valence-electron chi connectivity index (χ2n) is 4.89. The molecule has 0 saturated carbocycles. The lowest BCUT2D eigenvalue weighted by Gasteiger charge is -2.29. The molecule has 1 amide bonds. The van der Waals surface area contributed by atoms with Gasteiger partial charge < -0.3 is 15.5 Å².